The summed E-state index contributed by atoms with van der Waals surface area (Å²) in [6.07, 6.45) is 39.5. The Kier molecular flexibility index (Phi) is 46.5. The minimum absolute atomic E-state index is 0.0370. The fourth-order valence-electron chi connectivity index (χ4n) is 7.63. The van der Waals surface area contributed by atoms with Gasteiger partial charge in [0, 0.05) is 6.42 Å². The first kappa shape index (κ1) is 56.5. The maximum Gasteiger partial charge on any atom is 0.308 e. The maximum atomic E-state index is 13.4. The highest BCUT2D eigenvalue weighted by Gasteiger charge is 2.22. The highest BCUT2D eigenvalue weighted by molar-refractivity contribution is 5.76. The van der Waals surface area contributed by atoms with Crippen LogP contribution in [0, 0.1) is 11.8 Å². The average Bonchev–Trinajstić information content (AvgIpc) is 3.20. The molecular formula is C50H99NO5. The zero-order valence-corrected chi connectivity index (χ0v) is 39.0. The van der Waals surface area contributed by atoms with Gasteiger partial charge in [-0.3, -0.25) is 14.4 Å². The molecule has 6 nitrogen and oxygen atoms in total. The van der Waals surface area contributed by atoms with E-state index in [2.05, 4.69) is 27.7 Å². The van der Waals surface area contributed by atoms with Crippen LogP contribution in [0.5, 0.6) is 0 Å². The summed E-state index contributed by atoms with van der Waals surface area (Å²) < 4.78 is 11.8. The molecule has 0 aromatic carbocycles. The van der Waals surface area contributed by atoms with E-state index < -0.39 is 0 Å². The van der Waals surface area contributed by atoms with Crippen molar-refractivity contribution >= 4 is 17.8 Å². The number of hydrogen-bond donors (Lipinski definition) is 0. The summed E-state index contributed by atoms with van der Waals surface area (Å²) >= 11 is 0. The first-order valence-corrected chi connectivity index (χ1v) is 25.1. The van der Waals surface area contributed by atoms with Crippen molar-refractivity contribution in [2.45, 2.75) is 267 Å². The second kappa shape index (κ2) is 46.1. The number of ether oxygens (including phenoxy) is 2. The average molecular weight is 794 g/mol. The number of amides is 1. The largest absolute Gasteiger partial charge is 0.464 e. The number of nitrogens with zero attached hydrogens (tertiary/aromatic N) is 1. The number of esters is 2. The van der Waals surface area contributed by atoms with Gasteiger partial charge >= 0.3 is 11.9 Å². The van der Waals surface area contributed by atoms with Crippen LogP contribution >= 0.6 is 0 Å². The van der Waals surface area contributed by atoms with E-state index >= 15 is 0 Å². The van der Waals surface area contributed by atoms with Gasteiger partial charge in [0.1, 0.15) is 13.2 Å². The van der Waals surface area contributed by atoms with Gasteiger partial charge in [-0.2, -0.15) is 0 Å². The Balaban J connectivity index is 0. The summed E-state index contributed by atoms with van der Waals surface area (Å²) in [5.41, 5.74) is 0. The normalized spacial score (nSPS) is 11.2. The maximum absolute atomic E-state index is 13.4. The van der Waals surface area contributed by atoms with Gasteiger partial charge in [0.25, 0.3) is 0 Å². The van der Waals surface area contributed by atoms with E-state index in [9.17, 15) is 14.4 Å². The molecule has 0 aromatic rings. The third-order valence-corrected chi connectivity index (χ3v) is 11.3. The number of rotatable bonds is 42. The monoisotopic (exact) mass is 794 g/mol. The number of hydrogen-bond acceptors (Lipinski definition) is 5. The summed E-state index contributed by atoms with van der Waals surface area (Å²) in [5.74, 6) is -0.266. The van der Waals surface area contributed by atoms with Crippen molar-refractivity contribution in [3.8, 4) is 0 Å². The first-order chi connectivity index (χ1) is 27.4. The van der Waals surface area contributed by atoms with Crippen LogP contribution in [0.1, 0.15) is 267 Å². The molecule has 0 aliphatic rings. The van der Waals surface area contributed by atoms with E-state index in [1.165, 1.54) is 154 Å². The Labute approximate surface area is 350 Å². The Hall–Kier alpha value is -1.59. The fourth-order valence-corrected chi connectivity index (χ4v) is 7.63. The highest BCUT2D eigenvalue weighted by atomic mass is 16.5. The zero-order chi connectivity index (χ0) is 41.7. The number of carbonyl (C=O) groups is 3. The molecule has 0 aliphatic heterocycles. The van der Waals surface area contributed by atoms with Crippen LogP contribution in [0.4, 0.5) is 0 Å². The molecule has 0 rings (SSSR count). The van der Waals surface area contributed by atoms with Crippen molar-refractivity contribution < 1.29 is 23.9 Å². The summed E-state index contributed by atoms with van der Waals surface area (Å²) in [5, 5.41) is 0. The van der Waals surface area contributed by atoms with Gasteiger partial charge in [-0.1, -0.05) is 228 Å². The Bertz CT molecular complexity index is 738. The molecule has 6 heteroatoms. The summed E-state index contributed by atoms with van der Waals surface area (Å²) in [6, 6.07) is 0. The lowest BCUT2D eigenvalue weighted by Gasteiger charge is -2.24. The van der Waals surface area contributed by atoms with Crippen LogP contribution < -0.4 is 0 Å². The molecule has 0 saturated heterocycles. The van der Waals surface area contributed by atoms with Crippen LogP contribution in [0.3, 0.4) is 0 Å². The van der Waals surface area contributed by atoms with Crippen molar-refractivity contribution in [1.82, 2.24) is 4.90 Å². The topological polar surface area (TPSA) is 72.9 Å². The predicted octanol–water partition coefficient (Wildman–Crippen LogP) is 15.5. The van der Waals surface area contributed by atoms with Crippen molar-refractivity contribution in [2.24, 2.45) is 11.8 Å². The second-order valence-corrected chi connectivity index (χ2v) is 16.5. The van der Waals surface area contributed by atoms with Gasteiger partial charge in [0.2, 0.25) is 5.91 Å². The van der Waals surface area contributed by atoms with E-state index in [0.717, 1.165) is 57.8 Å². The lowest BCUT2D eigenvalue weighted by atomic mass is 9.94. The molecule has 0 aromatic heterocycles. The minimum Gasteiger partial charge on any atom is -0.464 e. The van der Waals surface area contributed by atoms with Crippen LogP contribution in [0.25, 0.3) is 0 Å². The number of carbonyl (C=O) groups excluding carboxylic acids is 3. The number of unbranched alkanes of at least 4 members (excludes halogenated alkanes) is 24. The molecule has 0 bridgehead atoms. The third kappa shape index (κ3) is 36.7. The van der Waals surface area contributed by atoms with Crippen molar-refractivity contribution in [3.63, 3.8) is 0 Å². The van der Waals surface area contributed by atoms with Crippen LogP contribution in [0.2, 0.25) is 0 Å². The Morgan fingerprint density at radius 3 is 0.875 bits per heavy atom. The van der Waals surface area contributed by atoms with Gasteiger partial charge < -0.3 is 14.4 Å². The van der Waals surface area contributed by atoms with E-state index in [1.807, 2.05) is 20.8 Å². The fraction of sp³-hybridized carbons (Fsp3) is 0.940. The molecule has 0 atom stereocenters. The summed E-state index contributed by atoms with van der Waals surface area (Å²) in [6.45, 7) is 16.1. The lowest BCUT2D eigenvalue weighted by molar-refractivity contribution is -0.152. The molecule has 0 saturated carbocycles. The Morgan fingerprint density at radius 1 is 0.375 bits per heavy atom. The van der Waals surface area contributed by atoms with Gasteiger partial charge in [-0.25, -0.2) is 0 Å². The van der Waals surface area contributed by atoms with Crippen LogP contribution in [-0.2, 0) is 23.9 Å². The molecule has 0 radical (unpaired) electrons. The van der Waals surface area contributed by atoms with Gasteiger partial charge in [0.15, 0.2) is 0 Å². The summed E-state index contributed by atoms with van der Waals surface area (Å²) in [7, 11) is 0. The molecule has 334 valence electrons. The van der Waals surface area contributed by atoms with E-state index in [-0.39, 0.29) is 42.9 Å². The summed E-state index contributed by atoms with van der Waals surface area (Å²) in [4.78, 5) is 41.5. The van der Waals surface area contributed by atoms with Gasteiger partial charge in [0.05, 0.1) is 24.9 Å². The molecule has 0 heterocycles. The van der Waals surface area contributed by atoms with E-state index in [4.69, 9.17) is 9.47 Å². The minimum atomic E-state index is -0.0974. The van der Waals surface area contributed by atoms with Crippen LogP contribution in [0.15, 0.2) is 0 Å². The molecule has 1 amide bonds. The smallest absolute Gasteiger partial charge is 0.308 e. The van der Waals surface area contributed by atoms with Gasteiger partial charge in [-0.15, -0.1) is 0 Å². The molecule has 0 fully saturated rings. The predicted molar refractivity (Wildman–Crippen MR) is 242 cm³/mol. The third-order valence-electron chi connectivity index (χ3n) is 11.3. The lowest BCUT2D eigenvalue weighted by Crippen LogP contribution is -2.38. The first-order valence-electron chi connectivity index (χ1n) is 25.1. The SMILES string of the molecule is CC.CCCCCCCCCC(CCCCCCCCC)C(=O)OCCN(CCOC(=O)C(CCCCCCCCC)CCCCCCCCC)C(=O)CCC. The van der Waals surface area contributed by atoms with Gasteiger partial charge in [-0.05, 0) is 32.1 Å². The van der Waals surface area contributed by atoms with E-state index in [0.29, 0.717) is 19.5 Å². The Morgan fingerprint density at radius 2 is 0.625 bits per heavy atom. The molecular weight excluding hydrogens is 695 g/mol. The highest BCUT2D eigenvalue weighted by Crippen LogP contribution is 2.23. The van der Waals surface area contributed by atoms with E-state index in [1.54, 1.807) is 4.90 Å². The second-order valence-electron chi connectivity index (χ2n) is 16.5. The zero-order valence-electron chi connectivity index (χ0n) is 39.0. The quantitative estimate of drug-likeness (QED) is 0.0455. The van der Waals surface area contributed by atoms with Crippen molar-refractivity contribution in [3.05, 3.63) is 0 Å². The standard InChI is InChI=1S/C48H93NO5.C2H6/c1-6-11-15-19-23-27-31-36-44(37-32-28-24-20-16-12-7-2)47(51)53-42-40-49(46(50)35-10-5)41-43-54-48(52)45(38-33-29-25-21-17-13-8-3)39-34-30-26-22-18-14-9-4;1-2/h44-45H,6-43H2,1-5H3;1-2H3. The molecule has 0 unspecified atom stereocenters. The molecule has 0 N–H and O–H groups in total. The van der Waals surface area contributed by atoms with Crippen LogP contribution in [-0.4, -0.2) is 49.0 Å². The van der Waals surface area contributed by atoms with Crippen molar-refractivity contribution in [1.29, 1.82) is 0 Å². The van der Waals surface area contributed by atoms with Crippen molar-refractivity contribution in [2.75, 3.05) is 26.3 Å². The molecule has 0 aliphatic carbocycles. The molecule has 0 spiro atoms. The molecule has 56 heavy (non-hydrogen) atoms.